The van der Waals surface area contributed by atoms with Gasteiger partial charge in [0.25, 0.3) is 0 Å². The summed E-state index contributed by atoms with van der Waals surface area (Å²) in [5, 5.41) is 0. The number of allylic oxidation sites excluding steroid dienone is 4. The minimum atomic E-state index is -0.772. The average Bonchev–Trinajstić information content (AvgIpc) is 3.19. The predicted octanol–water partition coefficient (Wildman–Crippen LogP) is 15.6. The van der Waals surface area contributed by atoms with Gasteiger partial charge >= 0.3 is 17.9 Å². The number of hydrogen-bond donors (Lipinski definition) is 0. The summed E-state index contributed by atoms with van der Waals surface area (Å²) >= 11 is 0. The molecule has 0 fully saturated rings. The topological polar surface area (TPSA) is 78.9 Å². The summed E-state index contributed by atoms with van der Waals surface area (Å²) in [6.07, 6.45) is 50.1. The summed E-state index contributed by atoms with van der Waals surface area (Å²) in [5.41, 5.74) is 0. The minimum Gasteiger partial charge on any atom is -0.462 e. The minimum absolute atomic E-state index is 0.0743. The smallest absolute Gasteiger partial charge is 0.306 e. The van der Waals surface area contributed by atoms with E-state index >= 15 is 0 Å². The Morgan fingerprint density at radius 2 is 0.589 bits per heavy atom. The number of carbonyl (C=O) groups excluding carboxylic acids is 3. The van der Waals surface area contributed by atoms with Crippen LogP contribution in [0.15, 0.2) is 24.3 Å². The fourth-order valence-electron chi connectivity index (χ4n) is 6.96. The van der Waals surface area contributed by atoms with Crippen molar-refractivity contribution in [3.63, 3.8) is 0 Å². The second-order valence-electron chi connectivity index (χ2n) is 16.4. The molecular formula is C50H92O6. The van der Waals surface area contributed by atoms with Crippen molar-refractivity contribution in [2.75, 3.05) is 13.2 Å². The molecule has 56 heavy (non-hydrogen) atoms. The second kappa shape index (κ2) is 45.6. The molecule has 0 spiro atoms. The Morgan fingerprint density at radius 1 is 0.339 bits per heavy atom. The van der Waals surface area contributed by atoms with Gasteiger partial charge in [-0.2, -0.15) is 0 Å². The first-order valence-corrected chi connectivity index (χ1v) is 24.3. The molecule has 0 saturated heterocycles. The van der Waals surface area contributed by atoms with Gasteiger partial charge < -0.3 is 14.2 Å². The van der Waals surface area contributed by atoms with E-state index in [0.717, 1.165) is 70.6 Å². The summed E-state index contributed by atoms with van der Waals surface area (Å²) in [5.74, 6) is -0.886. The number of ether oxygens (including phenoxy) is 3. The number of hydrogen-bond acceptors (Lipinski definition) is 6. The molecule has 0 aliphatic heterocycles. The molecule has 0 rings (SSSR count). The molecule has 0 saturated carbocycles. The second-order valence-corrected chi connectivity index (χ2v) is 16.4. The van der Waals surface area contributed by atoms with Crippen LogP contribution in [0.2, 0.25) is 0 Å². The Kier molecular flexibility index (Phi) is 43.9. The van der Waals surface area contributed by atoms with Crippen molar-refractivity contribution in [1.29, 1.82) is 0 Å². The Bertz CT molecular complexity index is 911. The Labute approximate surface area is 347 Å². The highest BCUT2D eigenvalue weighted by molar-refractivity contribution is 5.71. The molecule has 328 valence electrons. The Morgan fingerprint density at radius 3 is 0.929 bits per heavy atom. The van der Waals surface area contributed by atoms with Crippen LogP contribution in [-0.4, -0.2) is 37.2 Å². The van der Waals surface area contributed by atoms with Crippen LogP contribution >= 0.6 is 0 Å². The van der Waals surface area contributed by atoms with Gasteiger partial charge in [-0.15, -0.1) is 0 Å². The lowest BCUT2D eigenvalue weighted by atomic mass is 10.1. The van der Waals surface area contributed by atoms with E-state index in [4.69, 9.17) is 14.2 Å². The Balaban J connectivity index is 4.34. The molecule has 1 unspecified atom stereocenters. The molecule has 6 heteroatoms. The molecule has 0 aromatic carbocycles. The monoisotopic (exact) mass is 789 g/mol. The van der Waals surface area contributed by atoms with Crippen LogP contribution in [0.25, 0.3) is 0 Å². The maximum Gasteiger partial charge on any atom is 0.306 e. The zero-order chi connectivity index (χ0) is 40.8. The maximum absolute atomic E-state index is 12.7. The standard InChI is InChI=1S/C50H92O6/c1-4-7-10-13-16-19-22-24-25-26-27-29-31-34-37-40-43-49(52)55-46-47(45-54-48(51)42-39-36-33-30-21-18-15-12-9-6-3)56-50(53)44-41-38-35-32-28-23-20-17-14-11-8-5-2/h17,20,25-26,47H,4-16,18-19,21-24,27-46H2,1-3H3/b20-17-,26-25-. The van der Waals surface area contributed by atoms with E-state index in [1.807, 2.05) is 0 Å². The van der Waals surface area contributed by atoms with Crippen LogP contribution in [0.4, 0.5) is 0 Å². The first-order valence-electron chi connectivity index (χ1n) is 24.3. The molecule has 0 aliphatic carbocycles. The van der Waals surface area contributed by atoms with Gasteiger partial charge in [0.05, 0.1) is 0 Å². The van der Waals surface area contributed by atoms with Crippen LogP contribution in [0.3, 0.4) is 0 Å². The van der Waals surface area contributed by atoms with Gasteiger partial charge in [-0.3, -0.25) is 14.4 Å². The lowest BCUT2D eigenvalue weighted by Crippen LogP contribution is -2.30. The van der Waals surface area contributed by atoms with Crippen LogP contribution in [-0.2, 0) is 28.6 Å². The number of carbonyl (C=O) groups is 3. The van der Waals surface area contributed by atoms with Crippen LogP contribution < -0.4 is 0 Å². The van der Waals surface area contributed by atoms with E-state index in [1.165, 1.54) is 148 Å². The predicted molar refractivity (Wildman–Crippen MR) is 238 cm³/mol. The van der Waals surface area contributed by atoms with Crippen molar-refractivity contribution in [2.24, 2.45) is 0 Å². The molecular weight excluding hydrogens is 697 g/mol. The molecule has 0 N–H and O–H groups in total. The Hall–Kier alpha value is -2.11. The molecule has 0 bridgehead atoms. The van der Waals surface area contributed by atoms with E-state index < -0.39 is 6.10 Å². The molecule has 0 aromatic rings. The zero-order valence-electron chi connectivity index (χ0n) is 37.4. The lowest BCUT2D eigenvalue weighted by molar-refractivity contribution is -0.167. The normalized spacial score (nSPS) is 12.1. The molecule has 0 radical (unpaired) electrons. The van der Waals surface area contributed by atoms with Crippen molar-refractivity contribution >= 4 is 17.9 Å². The van der Waals surface area contributed by atoms with Gasteiger partial charge in [-0.05, 0) is 70.6 Å². The van der Waals surface area contributed by atoms with Gasteiger partial charge in [0.1, 0.15) is 13.2 Å². The quantitative estimate of drug-likeness (QED) is 0.0265. The number of esters is 3. The molecule has 1 atom stereocenters. The van der Waals surface area contributed by atoms with Crippen molar-refractivity contribution in [2.45, 2.75) is 264 Å². The number of unbranched alkanes of at least 4 members (excludes halogenated alkanes) is 29. The van der Waals surface area contributed by atoms with Gasteiger partial charge in [-0.1, -0.05) is 193 Å². The highest BCUT2D eigenvalue weighted by Crippen LogP contribution is 2.14. The largest absolute Gasteiger partial charge is 0.462 e. The first-order chi connectivity index (χ1) is 27.5. The van der Waals surface area contributed by atoms with Gasteiger partial charge in [0, 0.05) is 19.3 Å². The highest BCUT2D eigenvalue weighted by atomic mass is 16.6. The SMILES string of the molecule is CCCCC/C=C\CCCCCCCC(=O)OC(COC(=O)CCCCCCC/C=C\CCCCCCCCC)COC(=O)CCCCCCCCCCCC. The van der Waals surface area contributed by atoms with E-state index in [9.17, 15) is 14.4 Å². The van der Waals surface area contributed by atoms with E-state index in [1.54, 1.807) is 0 Å². The fraction of sp³-hybridized carbons (Fsp3) is 0.860. The van der Waals surface area contributed by atoms with Crippen molar-refractivity contribution < 1.29 is 28.6 Å². The maximum atomic E-state index is 12.7. The third kappa shape index (κ3) is 43.0. The molecule has 0 aliphatic rings. The molecule has 0 aromatic heterocycles. The van der Waals surface area contributed by atoms with Crippen LogP contribution in [0.5, 0.6) is 0 Å². The van der Waals surface area contributed by atoms with Gasteiger partial charge in [0.2, 0.25) is 0 Å². The van der Waals surface area contributed by atoms with Crippen molar-refractivity contribution in [3.8, 4) is 0 Å². The van der Waals surface area contributed by atoms with Crippen LogP contribution in [0.1, 0.15) is 258 Å². The van der Waals surface area contributed by atoms with Gasteiger partial charge in [-0.25, -0.2) is 0 Å². The van der Waals surface area contributed by atoms with Crippen LogP contribution in [0, 0.1) is 0 Å². The van der Waals surface area contributed by atoms with Crippen molar-refractivity contribution in [1.82, 2.24) is 0 Å². The first kappa shape index (κ1) is 53.9. The number of rotatable bonds is 44. The van der Waals surface area contributed by atoms with E-state index in [2.05, 4.69) is 45.1 Å². The van der Waals surface area contributed by atoms with E-state index in [-0.39, 0.29) is 31.1 Å². The summed E-state index contributed by atoms with van der Waals surface area (Å²) in [6, 6.07) is 0. The third-order valence-corrected chi connectivity index (χ3v) is 10.7. The zero-order valence-corrected chi connectivity index (χ0v) is 37.4. The van der Waals surface area contributed by atoms with E-state index in [0.29, 0.717) is 19.3 Å². The highest BCUT2D eigenvalue weighted by Gasteiger charge is 2.19. The summed E-state index contributed by atoms with van der Waals surface area (Å²) in [4.78, 5) is 37.8. The summed E-state index contributed by atoms with van der Waals surface area (Å²) in [6.45, 7) is 6.59. The molecule has 6 nitrogen and oxygen atoms in total. The van der Waals surface area contributed by atoms with Crippen molar-refractivity contribution in [3.05, 3.63) is 24.3 Å². The molecule has 0 amide bonds. The third-order valence-electron chi connectivity index (χ3n) is 10.7. The van der Waals surface area contributed by atoms with Gasteiger partial charge in [0.15, 0.2) is 6.10 Å². The summed E-state index contributed by atoms with van der Waals surface area (Å²) < 4.78 is 16.7. The molecule has 0 heterocycles. The average molecular weight is 789 g/mol. The summed E-state index contributed by atoms with van der Waals surface area (Å²) in [7, 11) is 0. The lowest BCUT2D eigenvalue weighted by Gasteiger charge is -2.18. The fourth-order valence-corrected chi connectivity index (χ4v) is 6.96.